The molecule has 0 aliphatic heterocycles. The number of nitrogens with zero attached hydrogens (tertiary/aromatic N) is 3. The topological polar surface area (TPSA) is 42.7 Å². The third-order valence-corrected chi connectivity index (χ3v) is 2.41. The molecule has 1 aromatic carbocycles. The lowest BCUT2D eigenvalue weighted by Gasteiger charge is -2.04. The van der Waals surface area contributed by atoms with Crippen molar-refractivity contribution in [1.29, 1.82) is 0 Å². The first-order valence-electron chi connectivity index (χ1n) is 5.02. The normalized spacial score (nSPS) is 10.7. The lowest BCUT2D eigenvalue weighted by atomic mass is 10.2. The molecule has 5 heteroatoms. The number of hydrogen-bond acceptors (Lipinski definition) is 3. The van der Waals surface area contributed by atoms with Gasteiger partial charge in [0, 0.05) is 7.05 Å². The standard InChI is InChI=1S/C11H13FN4/c1-13-7-10-14-15-11(16(10)2)8-5-3-4-6-9(8)12/h3-6,13H,7H2,1-2H3. The van der Waals surface area contributed by atoms with E-state index in [0.29, 0.717) is 17.9 Å². The first-order chi connectivity index (χ1) is 7.74. The van der Waals surface area contributed by atoms with E-state index in [9.17, 15) is 4.39 Å². The van der Waals surface area contributed by atoms with Gasteiger partial charge in [-0.25, -0.2) is 4.39 Å². The molecule has 1 heterocycles. The van der Waals surface area contributed by atoms with Crippen LogP contribution in [0.5, 0.6) is 0 Å². The second kappa shape index (κ2) is 4.40. The molecule has 0 atom stereocenters. The molecule has 0 amide bonds. The summed E-state index contributed by atoms with van der Waals surface area (Å²) < 4.78 is 15.3. The molecule has 0 saturated heterocycles. The quantitative estimate of drug-likeness (QED) is 0.848. The number of nitrogens with one attached hydrogen (secondary N) is 1. The second-order valence-corrected chi connectivity index (χ2v) is 3.51. The second-order valence-electron chi connectivity index (χ2n) is 3.51. The average Bonchev–Trinajstić information content (AvgIpc) is 2.62. The van der Waals surface area contributed by atoms with Crippen LogP contribution < -0.4 is 5.32 Å². The zero-order chi connectivity index (χ0) is 11.5. The van der Waals surface area contributed by atoms with E-state index >= 15 is 0 Å². The van der Waals surface area contributed by atoms with E-state index in [2.05, 4.69) is 15.5 Å². The van der Waals surface area contributed by atoms with Crippen LogP contribution in [0.15, 0.2) is 24.3 Å². The molecule has 0 radical (unpaired) electrons. The van der Waals surface area contributed by atoms with Gasteiger partial charge < -0.3 is 9.88 Å². The Morgan fingerprint density at radius 3 is 2.75 bits per heavy atom. The van der Waals surface area contributed by atoms with Crippen molar-refractivity contribution in [3.63, 3.8) is 0 Å². The van der Waals surface area contributed by atoms with E-state index in [-0.39, 0.29) is 5.82 Å². The first-order valence-corrected chi connectivity index (χ1v) is 5.02. The van der Waals surface area contributed by atoms with Gasteiger partial charge in [-0.15, -0.1) is 10.2 Å². The zero-order valence-electron chi connectivity index (χ0n) is 9.24. The van der Waals surface area contributed by atoms with Crippen molar-refractivity contribution in [1.82, 2.24) is 20.1 Å². The highest BCUT2D eigenvalue weighted by Gasteiger charge is 2.12. The Morgan fingerprint density at radius 1 is 1.31 bits per heavy atom. The fraction of sp³-hybridized carbons (Fsp3) is 0.273. The summed E-state index contributed by atoms with van der Waals surface area (Å²) in [6.07, 6.45) is 0. The third-order valence-electron chi connectivity index (χ3n) is 2.41. The van der Waals surface area contributed by atoms with Gasteiger partial charge in [0.25, 0.3) is 0 Å². The average molecular weight is 220 g/mol. The van der Waals surface area contributed by atoms with Gasteiger partial charge in [-0.2, -0.15) is 0 Å². The molecule has 84 valence electrons. The predicted octanol–water partition coefficient (Wildman–Crippen LogP) is 1.34. The van der Waals surface area contributed by atoms with E-state index in [1.54, 1.807) is 22.8 Å². The van der Waals surface area contributed by atoms with Crippen LogP contribution >= 0.6 is 0 Å². The maximum atomic E-state index is 13.6. The van der Waals surface area contributed by atoms with Gasteiger partial charge in [-0.1, -0.05) is 12.1 Å². The summed E-state index contributed by atoms with van der Waals surface area (Å²) in [7, 11) is 3.66. The Bertz CT molecular complexity index is 492. The molecule has 16 heavy (non-hydrogen) atoms. The summed E-state index contributed by atoms with van der Waals surface area (Å²) in [5.41, 5.74) is 0.472. The minimum atomic E-state index is -0.283. The maximum Gasteiger partial charge on any atom is 0.166 e. The van der Waals surface area contributed by atoms with Crippen molar-refractivity contribution in [3.05, 3.63) is 35.9 Å². The van der Waals surface area contributed by atoms with Crippen molar-refractivity contribution < 1.29 is 4.39 Å². The Hall–Kier alpha value is -1.75. The van der Waals surface area contributed by atoms with Crippen molar-refractivity contribution in [2.75, 3.05) is 7.05 Å². The van der Waals surface area contributed by atoms with Crippen molar-refractivity contribution in [2.24, 2.45) is 7.05 Å². The molecule has 0 saturated carbocycles. The van der Waals surface area contributed by atoms with E-state index in [1.807, 2.05) is 14.1 Å². The Kier molecular flexibility index (Phi) is 2.96. The zero-order valence-corrected chi connectivity index (χ0v) is 9.24. The molecule has 0 aliphatic carbocycles. The number of aromatic nitrogens is 3. The van der Waals surface area contributed by atoms with Crippen LogP contribution in [0.4, 0.5) is 4.39 Å². The Morgan fingerprint density at radius 2 is 2.06 bits per heavy atom. The van der Waals surface area contributed by atoms with Gasteiger partial charge in [0.05, 0.1) is 12.1 Å². The molecular weight excluding hydrogens is 207 g/mol. The molecule has 2 rings (SSSR count). The van der Waals surface area contributed by atoms with Crippen LogP contribution in [0.3, 0.4) is 0 Å². The molecule has 0 unspecified atom stereocenters. The lowest BCUT2D eigenvalue weighted by Crippen LogP contribution is -2.10. The first kappa shape index (κ1) is 10.8. The summed E-state index contributed by atoms with van der Waals surface area (Å²) in [6.45, 7) is 0.609. The van der Waals surface area contributed by atoms with Gasteiger partial charge >= 0.3 is 0 Å². The summed E-state index contributed by atoms with van der Waals surface area (Å²) in [5.74, 6) is 1.04. The van der Waals surface area contributed by atoms with Gasteiger partial charge in [-0.05, 0) is 19.2 Å². The SMILES string of the molecule is CNCc1nnc(-c2ccccc2F)n1C. The van der Waals surface area contributed by atoms with Crippen LogP contribution in [0.1, 0.15) is 5.82 Å². The van der Waals surface area contributed by atoms with Crippen LogP contribution in [-0.4, -0.2) is 21.8 Å². The van der Waals surface area contributed by atoms with E-state index in [4.69, 9.17) is 0 Å². The number of rotatable bonds is 3. The monoisotopic (exact) mass is 220 g/mol. The van der Waals surface area contributed by atoms with Crippen LogP contribution in [-0.2, 0) is 13.6 Å². The summed E-state index contributed by atoms with van der Waals surface area (Å²) in [6, 6.07) is 6.55. The number of halogens is 1. The van der Waals surface area contributed by atoms with Gasteiger partial charge in [0.2, 0.25) is 0 Å². The molecular formula is C11H13FN4. The van der Waals surface area contributed by atoms with Gasteiger partial charge in [0.15, 0.2) is 5.82 Å². The van der Waals surface area contributed by atoms with Crippen LogP contribution in [0.25, 0.3) is 11.4 Å². The molecule has 0 fully saturated rings. The fourth-order valence-electron chi connectivity index (χ4n) is 1.55. The van der Waals surface area contributed by atoms with Gasteiger partial charge in [0.1, 0.15) is 11.6 Å². The van der Waals surface area contributed by atoms with Crippen molar-refractivity contribution in [2.45, 2.75) is 6.54 Å². The molecule has 2 aromatic rings. The highest BCUT2D eigenvalue weighted by Crippen LogP contribution is 2.20. The Balaban J connectivity index is 2.45. The smallest absolute Gasteiger partial charge is 0.166 e. The predicted molar refractivity (Wildman–Crippen MR) is 59.2 cm³/mol. The highest BCUT2D eigenvalue weighted by atomic mass is 19.1. The summed E-state index contributed by atoms with van der Waals surface area (Å²) >= 11 is 0. The number of hydrogen-bond donors (Lipinski definition) is 1. The minimum absolute atomic E-state index is 0.283. The largest absolute Gasteiger partial charge is 0.313 e. The molecule has 0 bridgehead atoms. The number of benzene rings is 1. The molecule has 0 aliphatic rings. The van der Waals surface area contributed by atoms with E-state index < -0.39 is 0 Å². The van der Waals surface area contributed by atoms with E-state index in [0.717, 1.165) is 5.82 Å². The van der Waals surface area contributed by atoms with Crippen LogP contribution in [0, 0.1) is 5.82 Å². The molecule has 1 N–H and O–H groups in total. The summed E-state index contributed by atoms with van der Waals surface area (Å²) in [5, 5.41) is 11.0. The summed E-state index contributed by atoms with van der Waals surface area (Å²) in [4.78, 5) is 0. The fourth-order valence-corrected chi connectivity index (χ4v) is 1.55. The Labute approximate surface area is 93.1 Å². The van der Waals surface area contributed by atoms with E-state index in [1.165, 1.54) is 6.07 Å². The van der Waals surface area contributed by atoms with Crippen LogP contribution in [0.2, 0.25) is 0 Å². The van der Waals surface area contributed by atoms with Gasteiger partial charge in [-0.3, -0.25) is 0 Å². The van der Waals surface area contributed by atoms with Crippen molar-refractivity contribution >= 4 is 0 Å². The molecule has 0 spiro atoms. The van der Waals surface area contributed by atoms with Crippen molar-refractivity contribution in [3.8, 4) is 11.4 Å². The highest BCUT2D eigenvalue weighted by molar-refractivity contribution is 5.55. The molecule has 1 aromatic heterocycles. The minimum Gasteiger partial charge on any atom is -0.313 e. The lowest BCUT2D eigenvalue weighted by molar-refractivity contribution is 0.628. The maximum absolute atomic E-state index is 13.6. The molecule has 4 nitrogen and oxygen atoms in total. The third kappa shape index (κ3) is 1.81.